The van der Waals surface area contributed by atoms with E-state index in [0.29, 0.717) is 48.5 Å². The first-order valence-electron chi connectivity index (χ1n) is 12.1. The lowest BCUT2D eigenvalue weighted by molar-refractivity contribution is 0.245. The Morgan fingerprint density at radius 3 is 2.63 bits per heavy atom. The van der Waals surface area contributed by atoms with Crippen LogP contribution in [0.2, 0.25) is 0 Å². The summed E-state index contributed by atoms with van der Waals surface area (Å²) in [5.74, 6) is 0.813. The van der Waals surface area contributed by atoms with Gasteiger partial charge in [-0.05, 0) is 50.1 Å². The van der Waals surface area contributed by atoms with E-state index in [1.54, 1.807) is 37.3 Å². The Hall–Kier alpha value is -4.10. The van der Waals surface area contributed by atoms with Crippen LogP contribution in [0.1, 0.15) is 30.7 Å². The molecule has 0 atom stereocenters. The van der Waals surface area contributed by atoms with E-state index in [4.69, 9.17) is 9.26 Å². The Kier molecular flexibility index (Phi) is 6.16. The van der Waals surface area contributed by atoms with E-state index < -0.39 is 15.8 Å². The number of hydrogen-bond acceptors (Lipinski definition) is 10. The van der Waals surface area contributed by atoms with Crippen molar-refractivity contribution < 1.29 is 22.1 Å². The highest BCUT2D eigenvalue weighted by molar-refractivity contribution is 7.89. The average Bonchev–Trinajstić information content (AvgIpc) is 3.33. The highest BCUT2D eigenvalue weighted by Crippen LogP contribution is 2.44. The molecule has 0 aliphatic carbocycles. The molecule has 2 aliphatic heterocycles. The fourth-order valence-electron chi connectivity index (χ4n) is 4.47. The van der Waals surface area contributed by atoms with Crippen LogP contribution in [0.15, 0.2) is 52.0 Å². The van der Waals surface area contributed by atoms with Gasteiger partial charge in [-0.3, -0.25) is 0 Å². The van der Waals surface area contributed by atoms with Crippen molar-refractivity contribution in [1.82, 2.24) is 24.4 Å². The van der Waals surface area contributed by atoms with Crippen LogP contribution in [-0.2, 0) is 16.6 Å². The Bertz CT molecular complexity index is 1620. The first-order valence-corrected chi connectivity index (χ1v) is 13.6. The molecule has 38 heavy (non-hydrogen) atoms. The maximum atomic E-state index is 14.6. The number of fused-ring (bicyclic) bond motifs is 1. The molecule has 0 spiro atoms. The molecule has 0 amide bonds. The van der Waals surface area contributed by atoms with E-state index in [-0.39, 0.29) is 16.7 Å². The number of nitrogens with zero attached hydrogens (tertiary/aromatic N) is 5. The molecule has 2 aromatic carbocycles. The minimum Gasteiger partial charge on any atom is -0.486 e. The largest absolute Gasteiger partial charge is 0.486 e. The second kappa shape index (κ2) is 9.65. The van der Waals surface area contributed by atoms with E-state index in [1.807, 2.05) is 0 Å². The van der Waals surface area contributed by atoms with Gasteiger partial charge in [-0.25, -0.2) is 17.8 Å². The van der Waals surface area contributed by atoms with Crippen molar-refractivity contribution in [1.29, 1.82) is 0 Å². The van der Waals surface area contributed by atoms with E-state index in [0.717, 1.165) is 36.6 Å². The molecule has 196 valence electrons. The van der Waals surface area contributed by atoms with Crippen molar-refractivity contribution in [3.8, 4) is 17.2 Å². The molecule has 0 radical (unpaired) electrons. The number of hydrogen-bond donors (Lipinski definition) is 2. The van der Waals surface area contributed by atoms with Gasteiger partial charge in [-0.15, -0.1) is 0 Å². The minimum absolute atomic E-state index is 0.0707. The van der Waals surface area contributed by atoms with Crippen molar-refractivity contribution in [2.75, 3.05) is 23.7 Å². The third-order valence-corrected chi connectivity index (χ3v) is 8.31. The van der Waals surface area contributed by atoms with Gasteiger partial charge in [0.2, 0.25) is 16.0 Å². The number of anilines is 4. The van der Waals surface area contributed by atoms with E-state index in [9.17, 15) is 12.8 Å². The fraction of sp³-hybridized carbons (Fsp3) is 0.280. The van der Waals surface area contributed by atoms with Gasteiger partial charge in [0.05, 0.1) is 22.3 Å². The van der Waals surface area contributed by atoms with Crippen molar-refractivity contribution in [3.05, 3.63) is 59.8 Å². The van der Waals surface area contributed by atoms with Crippen molar-refractivity contribution in [3.63, 3.8) is 0 Å². The van der Waals surface area contributed by atoms with Crippen LogP contribution in [0.25, 0.3) is 11.5 Å². The van der Waals surface area contributed by atoms with Gasteiger partial charge in [0, 0.05) is 24.3 Å². The van der Waals surface area contributed by atoms with Crippen LogP contribution in [0, 0.1) is 12.7 Å². The van der Waals surface area contributed by atoms with E-state index in [1.165, 1.54) is 10.4 Å². The zero-order valence-corrected chi connectivity index (χ0v) is 21.3. The van der Waals surface area contributed by atoms with Gasteiger partial charge in [0.25, 0.3) is 5.89 Å². The number of ether oxygens (including phenoxy) is 1. The Morgan fingerprint density at radius 1 is 1.05 bits per heavy atom. The van der Waals surface area contributed by atoms with Crippen LogP contribution in [0.4, 0.5) is 27.5 Å². The van der Waals surface area contributed by atoms with E-state index >= 15 is 0 Å². The summed E-state index contributed by atoms with van der Waals surface area (Å²) in [5.41, 5.74) is 2.59. The molecule has 2 aliphatic rings. The Morgan fingerprint density at radius 2 is 1.89 bits per heavy atom. The summed E-state index contributed by atoms with van der Waals surface area (Å²) in [5, 5.41) is 9.76. The predicted molar refractivity (Wildman–Crippen MR) is 136 cm³/mol. The molecule has 0 saturated carbocycles. The molecule has 0 unspecified atom stereocenters. The molecule has 1 saturated heterocycles. The van der Waals surface area contributed by atoms with Gasteiger partial charge in [0.1, 0.15) is 6.61 Å². The highest BCUT2D eigenvalue weighted by Gasteiger charge is 2.28. The molecule has 13 heteroatoms. The lowest BCUT2D eigenvalue weighted by Gasteiger charge is -2.26. The number of aromatic nitrogens is 4. The summed E-state index contributed by atoms with van der Waals surface area (Å²) in [6, 6.07) is 9.94. The normalized spacial score (nSPS) is 15.3. The van der Waals surface area contributed by atoms with Crippen molar-refractivity contribution in [2.24, 2.45) is 0 Å². The molecule has 4 aromatic rings. The maximum Gasteiger partial charge on any atom is 0.258 e. The second-order valence-electron chi connectivity index (χ2n) is 9.04. The third-order valence-electron chi connectivity index (χ3n) is 6.42. The second-order valence-corrected chi connectivity index (χ2v) is 11.0. The molecular weight excluding hydrogens is 513 g/mol. The van der Waals surface area contributed by atoms with Crippen LogP contribution in [0.3, 0.4) is 0 Å². The van der Waals surface area contributed by atoms with Gasteiger partial charge in [0.15, 0.2) is 23.2 Å². The number of nitrogens with one attached hydrogen (secondary N) is 2. The Balaban J connectivity index is 1.23. The number of aryl methyl sites for hydroxylation is 1. The summed E-state index contributed by atoms with van der Waals surface area (Å²) in [4.78, 5) is 12.7. The van der Waals surface area contributed by atoms with Crippen LogP contribution >= 0.6 is 0 Å². The molecule has 11 nitrogen and oxygen atoms in total. The first kappa shape index (κ1) is 24.2. The molecular formula is C25H24FN7O4S. The van der Waals surface area contributed by atoms with Crippen molar-refractivity contribution >= 4 is 33.2 Å². The van der Waals surface area contributed by atoms with Gasteiger partial charge >= 0.3 is 0 Å². The van der Waals surface area contributed by atoms with Crippen LogP contribution < -0.4 is 15.4 Å². The molecule has 2 N–H and O–H groups in total. The van der Waals surface area contributed by atoms with Gasteiger partial charge in [-0.1, -0.05) is 17.6 Å². The SMILES string of the molecule is Cc1noc(-c2ccc(Nc3nc(Nc4cccc(S(=O)(=O)N5CCCCC5)c4)ncc3F)c3c2CO3)n1. The first-order chi connectivity index (χ1) is 18.4. The molecule has 2 aromatic heterocycles. The maximum absolute atomic E-state index is 14.6. The van der Waals surface area contributed by atoms with E-state index in [2.05, 4.69) is 30.7 Å². The molecule has 1 fully saturated rings. The summed E-state index contributed by atoms with van der Waals surface area (Å²) in [6.45, 7) is 3.12. The van der Waals surface area contributed by atoms with Gasteiger partial charge in [-0.2, -0.15) is 14.3 Å². The summed E-state index contributed by atoms with van der Waals surface area (Å²) >= 11 is 0. The number of benzene rings is 2. The van der Waals surface area contributed by atoms with Crippen molar-refractivity contribution in [2.45, 2.75) is 37.7 Å². The lowest BCUT2D eigenvalue weighted by Crippen LogP contribution is -2.35. The quantitative estimate of drug-likeness (QED) is 0.346. The molecule has 4 heterocycles. The minimum atomic E-state index is -3.61. The number of halogens is 1. The lowest BCUT2D eigenvalue weighted by atomic mass is 10.0. The number of rotatable bonds is 7. The standard InChI is InChI=1S/C25H24FN7O4S/c1-15-28-24(37-32-15)18-8-9-21(22-19(18)14-36-22)30-23-20(26)13-27-25(31-23)29-16-6-5-7-17(12-16)38(34,35)33-10-3-2-4-11-33/h5-9,12-13H,2-4,10-11,14H2,1H3,(H2,27,29,30,31). The molecule has 0 bridgehead atoms. The number of piperidine rings is 1. The molecule has 6 rings (SSSR count). The zero-order valence-electron chi connectivity index (χ0n) is 20.4. The monoisotopic (exact) mass is 537 g/mol. The number of sulfonamides is 1. The third kappa shape index (κ3) is 4.54. The summed E-state index contributed by atoms with van der Waals surface area (Å²) < 4.78 is 53.1. The summed E-state index contributed by atoms with van der Waals surface area (Å²) in [6.07, 6.45) is 3.77. The van der Waals surface area contributed by atoms with Crippen LogP contribution in [-0.4, -0.2) is 45.9 Å². The Labute approximate surface area is 218 Å². The summed E-state index contributed by atoms with van der Waals surface area (Å²) in [7, 11) is -3.61. The smallest absolute Gasteiger partial charge is 0.258 e. The fourth-order valence-corrected chi connectivity index (χ4v) is 6.03. The highest BCUT2D eigenvalue weighted by atomic mass is 32.2. The predicted octanol–water partition coefficient (Wildman–Crippen LogP) is 4.53. The van der Waals surface area contributed by atoms with Gasteiger partial charge < -0.3 is 19.9 Å². The van der Waals surface area contributed by atoms with Crippen LogP contribution in [0.5, 0.6) is 5.75 Å². The zero-order chi connectivity index (χ0) is 26.3. The average molecular weight is 538 g/mol. The topological polar surface area (TPSA) is 135 Å².